The molecule has 0 aliphatic rings. The zero-order valence-electron chi connectivity index (χ0n) is 15.4. The summed E-state index contributed by atoms with van der Waals surface area (Å²) in [6.45, 7) is -1.84. The Balaban J connectivity index is 3.48. The van der Waals surface area contributed by atoms with Gasteiger partial charge in [0.2, 0.25) is 5.91 Å². The molecule has 11 nitrogen and oxygen atoms in total. The highest BCUT2D eigenvalue weighted by Crippen LogP contribution is 2.35. The molecule has 0 bridgehead atoms. The molecule has 1 aromatic carbocycles. The number of hydrogen-bond donors (Lipinski definition) is 8. The average molecular weight is 762 g/mol. The number of nitrogens with two attached hydrogens (primary N) is 1. The molecule has 2 unspecified atom stereocenters. The van der Waals surface area contributed by atoms with Crippen molar-refractivity contribution in [3.63, 3.8) is 0 Å². The van der Waals surface area contributed by atoms with Gasteiger partial charge in [-0.05, 0) is 67.8 Å². The number of halogens is 3. The monoisotopic (exact) mass is 762 g/mol. The average Bonchev–Trinajstić information content (AvgIpc) is 2.72. The normalized spacial score (nSPS) is 12.8. The zero-order valence-corrected chi connectivity index (χ0v) is 21.9. The van der Waals surface area contributed by atoms with Crippen molar-refractivity contribution in [3.8, 4) is 0 Å². The van der Waals surface area contributed by atoms with Crippen LogP contribution in [0.1, 0.15) is 20.7 Å². The first-order chi connectivity index (χ1) is 14.1. The summed E-state index contributed by atoms with van der Waals surface area (Å²) in [6, 6.07) is 0. The van der Waals surface area contributed by atoms with E-state index in [1.54, 1.807) is 0 Å². The number of carbonyl (C=O) groups is 3. The number of amides is 3. The predicted octanol–water partition coefficient (Wildman–Crippen LogP) is -1.44. The molecule has 0 heterocycles. The number of aliphatic hydroxyl groups excluding tert-OH is 4. The fourth-order valence-corrected chi connectivity index (χ4v) is 6.51. The third kappa shape index (κ3) is 7.35. The number of anilines is 1. The van der Waals surface area contributed by atoms with Gasteiger partial charge < -0.3 is 42.1 Å². The highest BCUT2D eigenvalue weighted by atomic mass is 127. The van der Waals surface area contributed by atoms with E-state index < -0.39 is 43.1 Å². The Bertz CT molecular complexity index is 757. The van der Waals surface area contributed by atoms with Crippen LogP contribution in [0.5, 0.6) is 0 Å². The van der Waals surface area contributed by atoms with Crippen molar-refractivity contribution in [2.75, 3.05) is 38.2 Å². The van der Waals surface area contributed by atoms with E-state index in [2.05, 4.69) is 16.0 Å². The van der Waals surface area contributed by atoms with Crippen LogP contribution < -0.4 is 21.7 Å². The Morgan fingerprint density at radius 2 is 1.23 bits per heavy atom. The molecule has 0 saturated carbocycles. The summed E-state index contributed by atoms with van der Waals surface area (Å²) in [5, 5.41) is 44.3. The summed E-state index contributed by atoms with van der Waals surface area (Å²) in [4.78, 5) is 37.4. The molecule has 9 N–H and O–H groups in total. The van der Waals surface area contributed by atoms with Gasteiger partial charge in [-0.3, -0.25) is 14.4 Å². The third-order valence-electron chi connectivity index (χ3n) is 3.64. The first-order valence-electron chi connectivity index (χ1n) is 8.43. The Kier molecular flexibility index (Phi) is 12.2. The summed E-state index contributed by atoms with van der Waals surface area (Å²) >= 11 is 5.54. The van der Waals surface area contributed by atoms with Gasteiger partial charge in [0, 0.05) is 16.7 Å². The van der Waals surface area contributed by atoms with Crippen LogP contribution >= 0.6 is 67.8 Å². The lowest BCUT2D eigenvalue weighted by Gasteiger charge is -2.20. The number of rotatable bonds is 10. The van der Waals surface area contributed by atoms with Crippen molar-refractivity contribution in [1.29, 1.82) is 0 Å². The van der Waals surface area contributed by atoms with E-state index in [1.807, 2.05) is 67.8 Å². The van der Waals surface area contributed by atoms with E-state index in [1.165, 1.54) is 0 Å². The van der Waals surface area contributed by atoms with Gasteiger partial charge in [-0.15, -0.1) is 0 Å². The second-order valence-electron chi connectivity index (χ2n) is 5.91. The molecule has 0 aliphatic heterocycles. The van der Waals surface area contributed by atoms with Crippen LogP contribution in [0.4, 0.5) is 5.69 Å². The van der Waals surface area contributed by atoms with E-state index in [0.717, 1.165) is 0 Å². The molecule has 2 atom stereocenters. The van der Waals surface area contributed by atoms with Gasteiger partial charge in [-0.25, -0.2) is 0 Å². The van der Waals surface area contributed by atoms with E-state index in [9.17, 15) is 24.6 Å². The zero-order chi connectivity index (χ0) is 23.0. The fraction of sp³-hybridized carbons (Fsp3) is 0.438. The molecule has 1 rings (SSSR count). The van der Waals surface area contributed by atoms with Gasteiger partial charge >= 0.3 is 0 Å². The molecule has 0 saturated heterocycles. The van der Waals surface area contributed by atoms with E-state index >= 15 is 0 Å². The lowest BCUT2D eigenvalue weighted by molar-refractivity contribution is -0.114. The first-order valence-corrected chi connectivity index (χ1v) is 11.7. The number of nitrogens with one attached hydrogen (secondary N) is 3. The standard InChI is InChI=1S/C16H21I3N4O7/c17-11-9(15(29)21-2-6(26)4-24)12(18)14(23-8(28)1-20)13(19)10(11)16(30)22-3-7(27)5-25/h6-7,24-27H,1-5,20H2,(H,21,29)(H,22,30)(H,23,28). The molecule has 0 radical (unpaired) electrons. The molecule has 3 amide bonds. The summed E-state index contributed by atoms with van der Waals surface area (Å²) < 4.78 is 0.983. The number of benzene rings is 1. The van der Waals surface area contributed by atoms with Crippen molar-refractivity contribution in [2.24, 2.45) is 5.73 Å². The maximum Gasteiger partial charge on any atom is 0.253 e. The highest BCUT2D eigenvalue weighted by Gasteiger charge is 2.28. The molecule has 168 valence electrons. The quantitative estimate of drug-likeness (QED) is 0.133. The predicted molar refractivity (Wildman–Crippen MR) is 133 cm³/mol. The minimum Gasteiger partial charge on any atom is -0.394 e. The summed E-state index contributed by atoms with van der Waals surface area (Å²) in [5.41, 5.74) is 5.74. The lowest BCUT2D eigenvalue weighted by Crippen LogP contribution is -2.37. The maximum absolute atomic E-state index is 12.8. The van der Waals surface area contributed by atoms with E-state index in [4.69, 9.17) is 15.9 Å². The molecular formula is C16H21I3N4O7. The van der Waals surface area contributed by atoms with Crippen molar-refractivity contribution in [1.82, 2.24) is 10.6 Å². The Hall–Kier alpha value is -0.380. The van der Waals surface area contributed by atoms with Crippen LogP contribution in [0.15, 0.2) is 0 Å². The van der Waals surface area contributed by atoms with Crippen LogP contribution in [-0.2, 0) is 4.79 Å². The number of carbonyl (C=O) groups excluding carboxylic acids is 3. The fourth-order valence-electron chi connectivity index (χ4n) is 2.09. The van der Waals surface area contributed by atoms with Crippen molar-refractivity contribution in [3.05, 3.63) is 21.8 Å². The minimum absolute atomic E-state index is 0.0851. The van der Waals surface area contributed by atoms with Crippen LogP contribution in [0.3, 0.4) is 0 Å². The molecule has 0 aliphatic carbocycles. The first kappa shape index (κ1) is 27.7. The van der Waals surface area contributed by atoms with Crippen LogP contribution in [0.2, 0.25) is 0 Å². The SMILES string of the molecule is NCC(=O)Nc1c(I)c(C(=O)NCC(O)CO)c(I)c(C(=O)NCC(O)CO)c1I. The van der Waals surface area contributed by atoms with Crippen molar-refractivity contribution >= 4 is 91.2 Å². The van der Waals surface area contributed by atoms with E-state index in [-0.39, 0.29) is 40.0 Å². The minimum atomic E-state index is -1.16. The lowest BCUT2D eigenvalue weighted by atomic mass is 10.1. The summed E-state index contributed by atoms with van der Waals surface area (Å²) in [6.07, 6.45) is -2.32. The number of hydrogen-bond acceptors (Lipinski definition) is 8. The van der Waals surface area contributed by atoms with Crippen molar-refractivity contribution < 1.29 is 34.8 Å². The van der Waals surface area contributed by atoms with Gasteiger partial charge in [0.05, 0.1) is 55.9 Å². The summed E-state index contributed by atoms with van der Waals surface area (Å²) in [7, 11) is 0. The van der Waals surface area contributed by atoms with Crippen LogP contribution in [-0.4, -0.2) is 83.2 Å². The van der Waals surface area contributed by atoms with Gasteiger partial charge in [-0.2, -0.15) is 0 Å². The van der Waals surface area contributed by atoms with Gasteiger partial charge in [-0.1, -0.05) is 0 Å². The molecule has 14 heteroatoms. The van der Waals surface area contributed by atoms with Crippen LogP contribution in [0.25, 0.3) is 0 Å². The maximum atomic E-state index is 12.8. The topological polar surface area (TPSA) is 194 Å². The molecule has 0 spiro atoms. The number of aliphatic hydroxyl groups is 4. The van der Waals surface area contributed by atoms with Gasteiger partial charge in [0.25, 0.3) is 11.8 Å². The smallest absolute Gasteiger partial charge is 0.253 e. The van der Waals surface area contributed by atoms with Crippen molar-refractivity contribution in [2.45, 2.75) is 12.2 Å². The second kappa shape index (κ2) is 13.2. The Morgan fingerprint density at radius 3 is 1.57 bits per heavy atom. The molecule has 1 aromatic rings. The van der Waals surface area contributed by atoms with E-state index in [0.29, 0.717) is 7.14 Å². The molecular weight excluding hydrogens is 741 g/mol. The Morgan fingerprint density at radius 1 is 0.833 bits per heavy atom. The molecule has 0 aromatic heterocycles. The third-order valence-corrected chi connectivity index (χ3v) is 6.88. The van der Waals surface area contributed by atoms with Crippen LogP contribution in [0, 0.1) is 10.7 Å². The second-order valence-corrected chi connectivity index (χ2v) is 9.15. The largest absolute Gasteiger partial charge is 0.394 e. The Labute approximate surface area is 213 Å². The highest BCUT2D eigenvalue weighted by molar-refractivity contribution is 14.1. The molecule has 30 heavy (non-hydrogen) atoms. The molecule has 0 fully saturated rings. The summed E-state index contributed by atoms with van der Waals surface area (Å²) in [5.74, 6) is -1.78. The van der Waals surface area contributed by atoms with Gasteiger partial charge in [0.15, 0.2) is 0 Å². The van der Waals surface area contributed by atoms with Gasteiger partial charge in [0.1, 0.15) is 0 Å².